The smallest absolute Gasteiger partial charge is 0.420 e. The standard InChI is InChI=1S/C13H16F3NO3/c1-12(2,11(18)19-3)7-20-10-5-4-8(17)6-9(10)13(14,15)16/h4-6H,7,17H2,1-3H3. The molecule has 4 nitrogen and oxygen atoms in total. The van der Waals surface area contributed by atoms with E-state index in [1.165, 1.54) is 27.0 Å². The number of carbonyl (C=O) groups is 1. The third-order valence-corrected chi connectivity index (χ3v) is 2.64. The van der Waals surface area contributed by atoms with Crippen LogP contribution in [-0.4, -0.2) is 19.7 Å². The molecule has 7 heteroatoms. The SMILES string of the molecule is COC(=O)C(C)(C)COc1ccc(N)cc1C(F)(F)F. The van der Waals surface area contributed by atoms with E-state index in [-0.39, 0.29) is 18.0 Å². The zero-order valence-electron chi connectivity index (χ0n) is 11.4. The van der Waals surface area contributed by atoms with Crippen molar-refractivity contribution in [3.63, 3.8) is 0 Å². The first kappa shape index (κ1) is 16.1. The molecule has 0 saturated heterocycles. The zero-order chi connectivity index (χ0) is 15.6. The normalized spacial score (nSPS) is 12.1. The number of alkyl halides is 3. The van der Waals surface area contributed by atoms with Gasteiger partial charge in [0.15, 0.2) is 0 Å². The molecule has 1 aromatic rings. The number of rotatable bonds is 4. The number of esters is 1. The van der Waals surface area contributed by atoms with Gasteiger partial charge in [0.2, 0.25) is 0 Å². The molecule has 0 spiro atoms. The number of halogens is 3. The average Bonchev–Trinajstić information content (AvgIpc) is 2.35. The maximum Gasteiger partial charge on any atom is 0.420 e. The van der Waals surface area contributed by atoms with Gasteiger partial charge in [-0.05, 0) is 32.0 Å². The summed E-state index contributed by atoms with van der Waals surface area (Å²) in [6.45, 7) is 2.79. The lowest BCUT2D eigenvalue weighted by Crippen LogP contribution is -2.32. The highest BCUT2D eigenvalue weighted by Crippen LogP contribution is 2.38. The maximum absolute atomic E-state index is 12.8. The van der Waals surface area contributed by atoms with Gasteiger partial charge in [0.1, 0.15) is 12.4 Å². The van der Waals surface area contributed by atoms with Crippen molar-refractivity contribution < 1.29 is 27.4 Å². The van der Waals surface area contributed by atoms with Gasteiger partial charge in [-0.15, -0.1) is 0 Å². The Bertz CT molecular complexity index is 498. The van der Waals surface area contributed by atoms with Gasteiger partial charge in [0.25, 0.3) is 0 Å². The van der Waals surface area contributed by atoms with Crippen molar-refractivity contribution in [1.82, 2.24) is 0 Å². The molecule has 0 atom stereocenters. The fraction of sp³-hybridized carbons (Fsp3) is 0.462. The molecule has 1 rings (SSSR count). The predicted octanol–water partition coefficient (Wildman–Crippen LogP) is 2.87. The quantitative estimate of drug-likeness (QED) is 0.684. The Labute approximate surface area is 114 Å². The Kier molecular flexibility index (Phi) is 4.52. The van der Waals surface area contributed by atoms with Crippen LogP contribution in [-0.2, 0) is 15.7 Å². The number of carbonyl (C=O) groups excluding carboxylic acids is 1. The molecule has 0 amide bonds. The molecular formula is C13H16F3NO3. The van der Waals surface area contributed by atoms with Crippen LogP contribution in [0.2, 0.25) is 0 Å². The fourth-order valence-electron chi connectivity index (χ4n) is 1.49. The van der Waals surface area contributed by atoms with E-state index in [0.717, 1.165) is 12.1 Å². The molecule has 112 valence electrons. The zero-order valence-corrected chi connectivity index (χ0v) is 11.4. The van der Waals surface area contributed by atoms with Crippen LogP contribution in [0.25, 0.3) is 0 Å². The van der Waals surface area contributed by atoms with Gasteiger partial charge >= 0.3 is 12.1 Å². The molecule has 1 aromatic carbocycles. The van der Waals surface area contributed by atoms with E-state index in [1.54, 1.807) is 0 Å². The molecule has 0 aliphatic heterocycles. The number of hydrogen-bond acceptors (Lipinski definition) is 4. The van der Waals surface area contributed by atoms with E-state index in [2.05, 4.69) is 4.74 Å². The van der Waals surface area contributed by atoms with Crippen molar-refractivity contribution in [2.75, 3.05) is 19.5 Å². The third kappa shape index (κ3) is 3.79. The number of nitrogen functional groups attached to an aromatic ring is 1. The lowest BCUT2D eigenvalue weighted by atomic mass is 9.95. The van der Waals surface area contributed by atoms with Crippen molar-refractivity contribution in [3.8, 4) is 5.75 Å². The molecule has 0 aliphatic carbocycles. The Morgan fingerprint density at radius 1 is 1.30 bits per heavy atom. The van der Waals surface area contributed by atoms with Gasteiger partial charge in [-0.2, -0.15) is 13.2 Å². The lowest BCUT2D eigenvalue weighted by Gasteiger charge is -2.23. The van der Waals surface area contributed by atoms with E-state index in [0.29, 0.717) is 0 Å². The minimum absolute atomic E-state index is 0.0168. The number of methoxy groups -OCH3 is 1. The second-order valence-corrected chi connectivity index (χ2v) is 4.92. The Hall–Kier alpha value is -1.92. The first-order valence-electron chi connectivity index (χ1n) is 5.76. The highest BCUT2D eigenvalue weighted by atomic mass is 19.4. The van der Waals surface area contributed by atoms with E-state index in [9.17, 15) is 18.0 Å². The minimum atomic E-state index is -4.58. The van der Waals surface area contributed by atoms with Gasteiger partial charge < -0.3 is 15.2 Å². The second-order valence-electron chi connectivity index (χ2n) is 4.92. The third-order valence-electron chi connectivity index (χ3n) is 2.64. The molecule has 0 aliphatic rings. The summed E-state index contributed by atoms with van der Waals surface area (Å²) in [4.78, 5) is 11.4. The molecular weight excluding hydrogens is 275 g/mol. The molecule has 20 heavy (non-hydrogen) atoms. The van der Waals surface area contributed by atoms with Crippen LogP contribution in [0.4, 0.5) is 18.9 Å². The van der Waals surface area contributed by atoms with Crippen LogP contribution < -0.4 is 10.5 Å². The number of hydrogen-bond donors (Lipinski definition) is 1. The second kappa shape index (κ2) is 5.60. The summed E-state index contributed by atoms with van der Waals surface area (Å²) in [5.74, 6) is -0.940. The summed E-state index contributed by atoms with van der Waals surface area (Å²) >= 11 is 0. The van der Waals surface area contributed by atoms with E-state index in [1.807, 2.05) is 0 Å². The van der Waals surface area contributed by atoms with Gasteiger partial charge in [-0.3, -0.25) is 4.79 Å². The molecule has 0 heterocycles. The molecule has 2 N–H and O–H groups in total. The molecule has 0 bridgehead atoms. The topological polar surface area (TPSA) is 61.5 Å². The summed E-state index contributed by atoms with van der Waals surface area (Å²) < 4.78 is 48.2. The van der Waals surface area contributed by atoms with E-state index in [4.69, 9.17) is 10.5 Å². The molecule has 0 aromatic heterocycles. The molecule has 0 saturated carbocycles. The number of nitrogens with two attached hydrogens (primary N) is 1. The Morgan fingerprint density at radius 3 is 2.40 bits per heavy atom. The van der Waals surface area contributed by atoms with Crippen molar-refractivity contribution >= 4 is 11.7 Å². The van der Waals surface area contributed by atoms with Crippen LogP contribution in [0.3, 0.4) is 0 Å². The number of ether oxygens (including phenoxy) is 2. The Balaban J connectivity index is 2.97. The van der Waals surface area contributed by atoms with Crippen LogP contribution in [0.15, 0.2) is 18.2 Å². The van der Waals surface area contributed by atoms with E-state index < -0.39 is 23.1 Å². The maximum atomic E-state index is 12.8. The van der Waals surface area contributed by atoms with Crippen molar-refractivity contribution in [3.05, 3.63) is 23.8 Å². The first-order chi connectivity index (χ1) is 9.08. The van der Waals surface area contributed by atoms with Crippen molar-refractivity contribution in [1.29, 1.82) is 0 Å². The van der Waals surface area contributed by atoms with E-state index >= 15 is 0 Å². The highest BCUT2D eigenvalue weighted by molar-refractivity contribution is 5.75. The molecule has 0 unspecified atom stereocenters. The predicted molar refractivity (Wildman–Crippen MR) is 67.1 cm³/mol. The lowest BCUT2D eigenvalue weighted by molar-refractivity contribution is -0.152. The Morgan fingerprint density at radius 2 is 1.90 bits per heavy atom. The number of benzene rings is 1. The minimum Gasteiger partial charge on any atom is -0.492 e. The largest absolute Gasteiger partial charge is 0.492 e. The summed E-state index contributed by atoms with van der Waals surface area (Å²) in [5.41, 5.74) is 3.30. The summed E-state index contributed by atoms with van der Waals surface area (Å²) in [5, 5.41) is 0. The summed E-state index contributed by atoms with van der Waals surface area (Å²) in [7, 11) is 1.20. The summed E-state index contributed by atoms with van der Waals surface area (Å²) in [6, 6.07) is 3.22. The van der Waals surface area contributed by atoms with Crippen LogP contribution >= 0.6 is 0 Å². The van der Waals surface area contributed by atoms with Gasteiger partial charge in [-0.1, -0.05) is 0 Å². The van der Waals surface area contributed by atoms with Gasteiger partial charge in [-0.25, -0.2) is 0 Å². The van der Waals surface area contributed by atoms with Crippen molar-refractivity contribution in [2.24, 2.45) is 5.41 Å². The molecule has 0 radical (unpaired) electrons. The van der Waals surface area contributed by atoms with Gasteiger partial charge in [0.05, 0.1) is 18.1 Å². The summed E-state index contributed by atoms with van der Waals surface area (Å²) in [6.07, 6.45) is -4.58. The molecule has 0 fully saturated rings. The number of anilines is 1. The first-order valence-corrected chi connectivity index (χ1v) is 5.76. The van der Waals surface area contributed by atoms with Crippen molar-refractivity contribution in [2.45, 2.75) is 20.0 Å². The van der Waals surface area contributed by atoms with Crippen LogP contribution in [0.5, 0.6) is 5.75 Å². The van der Waals surface area contributed by atoms with Crippen LogP contribution in [0.1, 0.15) is 19.4 Å². The average molecular weight is 291 g/mol. The van der Waals surface area contributed by atoms with Crippen LogP contribution in [0, 0.1) is 5.41 Å². The fourth-order valence-corrected chi connectivity index (χ4v) is 1.49. The highest BCUT2D eigenvalue weighted by Gasteiger charge is 2.36. The van der Waals surface area contributed by atoms with Gasteiger partial charge in [0, 0.05) is 5.69 Å². The monoisotopic (exact) mass is 291 g/mol.